The van der Waals surface area contributed by atoms with Gasteiger partial charge in [0.15, 0.2) is 8.32 Å². The molecule has 0 saturated heterocycles. The minimum Gasteiger partial charge on any atom is -0.413 e. The van der Waals surface area contributed by atoms with Crippen molar-refractivity contribution in [2.24, 2.45) is 0 Å². The maximum atomic E-state index is 6.51. The zero-order valence-corrected chi connectivity index (χ0v) is 14.1. The fraction of sp³-hybridized carbons (Fsp3) is 0.529. The molecule has 0 spiro atoms. The molecule has 0 saturated carbocycles. The van der Waals surface area contributed by atoms with Crippen LogP contribution in [0.3, 0.4) is 0 Å². The average molecular weight is 276 g/mol. The number of hydrogen-bond donors (Lipinski definition) is 0. The Kier molecular flexibility index (Phi) is 5.57. The maximum absolute atomic E-state index is 6.51. The molecule has 0 aliphatic rings. The van der Waals surface area contributed by atoms with Crippen LogP contribution in [0.5, 0.6) is 0 Å². The van der Waals surface area contributed by atoms with Crippen molar-refractivity contribution in [3.63, 3.8) is 0 Å². The Labute approximate surface area is 119 Å². The first kappa shape index (κ1) is 16.2. The van der Waals surface area contributed by atoms with Crippen molar-refractivity contribution in [1.82, 2.24) is 0 Å². The van der Waals surface area contributed by atoms with Gasteiger partial charge in [-0.05, 0) is 36.5 Å². The highest BCUT2D eigenvalue weighted by molar-refractivity contribution is 6.74. The quantitative estimate of drug-likeness (QED) is 0.513. The number of rotatable bonds is 6. The molecule has 0 bridgehead atoms. The first-order valence-electron chi connectivity index (χ1n) is 7.09. The second-order valence-corrected chi connectivity index (χ2v) is 11.5. The summed E-state index contributed by atoms with van der Waals surface area (Å²) in [5, 5.41) is 0.253. The van der Waals surface area contributed by atoms with Crippen molar-refractivity contribution < 1.29 is 4.43 Å². The van der Waals surface area contributed by atoms with Gasteiger partial charge in [-0.2, -0.15) is 0 Å². The van der Waals surface area contributed by atoms with Crippen molar-refractivity contribution in [3.05, 3.63) is 48.6 Å². The predicted octanol–water partition coefficient (Wildman–Crippen LogP) is 5.20. The van der Waals surface area contributed by atoms with E-state index in [4.69, 9.17) is 4.43 Å². The Balaban J connectivity index is 2.76. The first-order valence-corrected chi connectivity index (χ1v) is 10.00. The molecule has 106 valence electrons. The van der Waals surface area contributed by atoms with Crippen LogP contribution in [0.2, 0.25) is 18.1 Å². The van der Waals surface area contributed by atoms with E-state index in [1.165, 1.54) is 5.56 Å². The summed E-state index contributed by atoms with van der Waals surface area (Å²) in [6, 6.07) is 10.6. The summed E-state index contributed by atoms with van der Waals surface area (Å²) >= 11 is 0. The van der Waals surface area contributed by atoms with Crippen LogP contribution in [0.4, 0.5) is 0 Å². The van der Waals surface area contributed by atoms with Crippen molar-refractivity contribution in [2.45, 2.75) is 57.8 Å². The Hall–Kier alpha value is -0.863. The zero-order chi connectivity index (χ0) is 14.5. The minimum atomic E-state index is -1.71. The van der Waals surface area contributed by atoms with Gasteiger partial charge in [0, 0.05) is 0 Å². The van der Waals surface area contributed by atoms with E-state index in [0.717, 1.165) is 12.8 Å². The Morgan fingerprint density at radius 2 is 1.79 bits per heavy atom. The van der Waals surface area contributed by atoms with Gasteiger partial charge in [-0.25, -0.2) is 0 Å². The molecule has 0 aliphatic heterocycles. The summed E-state index contributed by atoms with van der Waals surface area (Å²) in [4.78, 5) is 0. The van der Waals surface area contributed by atoms with E-state index >= 15 is 0 Å². The summed E-state index contributed by atoms with van der Waals surface area (Å²) in [6.45, 7) is 15.4. The topological polar surface area (TPSA) is 9.23 Å². The third kappa shape index (κ3) is 4.96. The van der Waals surface area contributed by atoms with Crippen molar-refractivity contribution >= 4 is 8.32 Å². The molecule has 1 aromatic carbocycles. The summed E-state index contributed by atoms with van der Waals surface area (Å²) in [6.07, 6.45) is 4.11. The van der Waals surface area contributed by atoms with Gasteiger partial charge in [0.2, 0.25) is 0 Å². The molecule has 1 atom stereocenters. The van der Waals surface area contributed by atoms with Gasteiger partial charge in [-0.1, -0.05) is 57.2 Å². The second-order valence-electron chi connectivity index (χ2n) is 6.71. The molecule has 0 aromatic heterocycles. The van der Waals surface area contributed by atoms with E-state index in [0.29, 0.717) is 0 Å². The van der Waals surface area contributed by atoms with Gasteiger partial charge in [0.05, 0.1) is 6.10 Å². The third-order valence-corrected chi connectivity index (χ3v) is 8.54. The molecule has 0 fully saturated rings. The summed E-state index contributed by atoms with van der Waals surface area (Å²) in [5.41, 5.74) is 1.34. The van der Waals surface area contributed by atoms with Crippen LogP contribution in [0.25, 0.3) is 0 Å². The van der Waals surface area contributed by atoms with Gasteiger partial charge in [0.1, 0.15) is 0 Å². The van der Waals surface area contributed by atoms with E-state index in [1.54, 1.807) is 0 Å². The lowest BCUT2D eigenvalue weighted by molar-refractivity contribution is 0.183. The Bertz CT molecular complexity index is 389. The molecule has 0 amide bonds. The average Bonchev–Trinajstić information content (AvgIpc) is 2.28. The Morgan fingerprint density at radius 3 is 2.26 bits per heavy atom. The highest BCUT2D eigenvalue weighted by Crippen LogP contribution is 2.38. The summed E-state index contributed by atoms with van der Waals surface area (Å²) in [5.74, 6) is 0. The molecule has 19 heavy (non-hydrogen) atoms. The lowest BCUT2D eigenvalue weighted by Crippen LogP contribution is -2.44. The molecule has 2 heteroatoms. The largest absolute Gasteiger partial charge is 0.413 e. The maximum Gasteiger partial charge on any atom is 0.192 e. The van der Waals surface area contributed by atoms with E-state index in [2.05, 4.69) is 70.8 Å². The van der Waals surface area contributed by atoms with E-state index in [1.807, 2.05) is 6.08 Å². The highest BCUT2D eigenvalue weighted by Gasteiger charge is 2.38. The van der Waals surface area contributed by atoms with Crippen LogP contribution >= 0.6 is 0 Å². The summed E-state index contributed by atoms with van der Waals surface area (Å²) in [7, 11) is -1.71. The van der Waals surface area contributed by atoms with E-state index in [-0.39, 0.29) is 11.1 Å². The van der Waals surface area contributed by atoms with Crippen LogP contribution in [-0.2, 0) is 10.8 Å². The molecule has 1 rings (SSSR count). The summed E-state index contributed by atoms with van der Waals surface area (Å²) < 4.78 is 6.51. The van der Waals surface area contributed by atoms with E-state index in [9.17, 15) is 0 Å². The normalized spacial score (nSPS) is 14.2. The first-order chi connectivity index (χ1) is 8.76. The highest BCUT2D eigenvalue weighted by atomic mass is 28.4. The molecule has 1 nitrogen and oxygen atoms in total. The minimum absolute atomic E-state index is 0.251. The second kappa shape index (κ2) is 6.53. The molecule has 0 unspecified atom stereocenters. The molecule has 0 aliphatic carbocycles. The molecule has 0 heterocycles. The monoisotopic (exact) mass is 276 g/mol. The van der Waals surface area contributed by atoms with Crippen LogP contribution in [0.1, 0.15) is 32.8 Å². The van der Waals surface area contributed by atoms with Gasteiger partial charge in [-0.3, -0.25) is 0 Å². The molecular weight excluding hydrogens is 248 g/mol. The fourth-order valence-electron chi connectivity index (χ4n) is 1.83. The van der Waals surface area contributed by atoms with Gasteiger partial charge in [0.25, 0.3) is 0 Å². The fourth-order valence-corrected chi connectivity index (χ4v) is 3.20. The third-order valence-electron chi connectivity index (χ3n) is 4.00. The molecule has 0 N–H and O–H groups in total. The van der Waals surface area contributed by atoms with E-state index < -0.39 is 8.32 Å². The number of hydrogen-bond acceptors (Lipinski definition) is 1. The number of benzene rings is 1. The van der Waals surface area contributed by atoms with Crippen LogP contribution in [0.15, 0.2) is 43.0 Å². The Morgan fingerprint density at radius 1 is 1.21 bits per heavy atom. The smallest absolute Gasteiger partial charge is 0.192 e. The van der Waals surface area contributed by atoms with Gasteiger partial charge in [-0.15, -0.1) is 6.58 Å². The van der Waals surface area contributed by atoms with Crippen molar-refractivity contribution in [1.29, 1.82) is 0 Å². The van der Waals surface area contributed by atoms with Gasteiger partial charge >= 0.3 is 0 Å². The van der Waals surface area contributed by atoms with Crippen molar-refractivity contribution in [3.8, 4) is 0 Å². The molecule has 0 radical (unpaired) electrons. The lowest BCUT2D eigenvalue weighted by Gasteiger charge is -2.39. The molecule has 1 aromatic rings. The molecular formula is C17H28OSi. The standard InChI is InChI=1S/C17H28OSi/c1-7-11-16(14-15-12-9-8-10-13-15)18-19(5,6)17(2,3)4/h7-10,12-13,16H,1,11,14H2,2-6H3/t16-/m0/s1. The zero-order valence-electron chi connectivity index (χ0n) is 13.1. The lowest BCUT2D eigenvalue weighted by atomic mass is 10.1. The van der Waals surface area contributed by atoms with Crippen LogP contribution in [0, 0.1) is 0 Å². The predicted molar refractivity (Wildman–Crippen MR) is 87.0 cm³/mol. The van der Waals surface area contributed by atoms with Crippen LogP contribution < -0.4 is 0 Å². The van der Waals surface area contributed by atoms with Gasteiger partial charge < -0.3 is 4.43 Å². The van der Waals surface area contributed by atoms with Crippen LogP contribution in [-0.4, -0.2) is 14.4 Å². The SMILES string of the molecule is C=CC[C@@H](Cc1ccccc1)O[Si](C)(C)C(C)(C)C. The van der Waals surface area contributed by atoms with Crippen molar-refractivity contribution in [2.75, 3.05) is 0 Å².